The Morgan fingerprint density at radius 2 is 2.00 bits per heavy atom. The summed E-state index contributed by atoms with van der Waals surface area (Å²) in [6.07, 6.45) is 1.53. The molecule has 7 nitrogen and oxygen atoms in total. The third-order valence-corrected chi connectivity index (χ3v) is 5.17. The van der Waals surface area contributed by atoms with E-state index in [0.717, 1.165) is 5.52 Å². The van der Waals surface area contributed by atoms with Gasteiger partial charge < -0.3 is 4.55 Å². The number of H-pyrrole nitrogens is 1. The van der Waals surface area contributed by atoms with Crippen molar-refractivity contribution in [3.8, 4) is 0 Å². The first kappa shape index (κ1) is 15.7. The fraction of sp³-hybridized carbons (Fsp3) is 0.0714. The van der Waals surface area contributed by atoms with Gasteiger partial charge in [-0.25, -0.2) is 8.42 Å². The van der Waals surface area contributed by atoms with Crippen LogP contribution in [0.2, 0.25) is 0 Å². The van der Waals surface area contributed by atoms with Gasteiger partial charge in [0.05, 0.1) is 22.3 Å². The largest absolute Gasteiger partial charge is 0.772 e. The first-order chi connectivity index (χ1) is 11.0. The Morgan fingerprint density at radius 3 is 2.78 bits per heavy atom. The molecule has 3 aromatic rings. The maximum absolute atomic E-state index is 12.5. The number of hydrogen-bond acceptors (Lipinski definition) is 5. The average Bonchev–Trinajstić information content (AvgIpc) is 2.96. The van der Waals surface area contributed by atoms with Gasteiger partial charge in [-0.1, -0.05) is 29.3 Å². The van der Waals surface area contributed by atoms with Crippen LogP contribution in [0.25, 0.3) is 10.9 Å². The zero-order valence-electron chi connectivity index (χ0n) is 11.7. The number of nitrogens with one attached hydrogen (secondary N) is 2. The van der Waals surface area contributed by atoms with Crippen LogP contribution in [0.1, 0.15) is 5.56 Å². The molecule has 0 saturated heterocycles. The Morgan fingerprint density at radius 1 is 1.22 bits per heavy atom. The molecule has 0 saturated carbocycles. The van der Waals surface area contributed by atoms with Crippen LogP contribution >= 0.6 is 0 Å². The molecule has 3 rings (SSSR count). The number of rotatable bonds is 5. The summed E-state index contributed by atoms with van der Waals surface area (Å²) in [5, 5.41) is 7.26. The van der Waals surface area contributed by atoms with Gasteiger partial charge in [-0.3, -0.25) is 14.0 Å². The third-order valence-electron chi connectivity index (χ3n) is 3.26. The minimum atomic E-state index is -3.83. The van der Waals surface area contributed by atoms with Crippen LogP contribution in [0.3, 0.4) is 0 Å². The summed E-state index contributed by atoms with van der Waals surface area (Å²) in [4.78, 5) is 0.0736. The number of para-hydroxylation sites is 1. The topological polar surface area (TPSA) is 115 Å². The molecule has 0 amide bonds. The minimum Gasteiger partial charge on any atom is -0.772 e. The normalized spacial score (nSPS) is 13.1. The lowest BCUT2D eigenvalue weighted by Crippen LogP contribution is -2.14. The molecule has 2 aromatic carbocycles. The quantitative estimate of drug-likeness (QED) is 0.680. The maximum atomic E-state index is 12.5. The van der Waals surface area contributed by atoms with E-state index >= 15 is 0 Å². The van der Waals surface area contributed by atoms with Gasteiger partial charge in [0.25, 0.3) is 10.0 Å². The molecule has 0 radical (unpaired) electrons. The second-order valence-electron chi connectivity index (χ2n) is 4.83. The van der Waals surface area contributed by atoms with Crippen LogP contribution in [0.15, 0.2) is 53.6 Å². The highest BCUT2D eigenvalue weighted by Gasteiger charge is 2.16. The molecule has 120 valence electrons. The molecule has 2 N–H and O–H groups in total. The van der Waals surface area contributed by atoms with Gasteiger partial charge in [-0.05, 0) is 29.8 Å². The Bertz CT molecular complexity index is 982. The smallest absolute Gasteiger partial charge is 0.261 e. The molecule has 0 aliphatic heterocycles. The number of fused-ring (bicyclic) bond motifs is 1. The molecule has 9 heteroatoms. The lowest BCUT2D eigenvalue weighted by molar-refractivity contribution is 0.536. The highest BCUT2D eigenvalue weighted by atomic mass is 32.2. The summed E-state index contributed by atoms with van der Waals surface area (Å²) >= 11 is -2.31. The summed E-state index contributed by atoms with van der Waals surface area (Å²) in [5.41, 5.74) is 1.35. The molecular formula is C14H12N3O4S2-. The molecule has 1 aromatic heterocycles. The molecular weight excluding hydrogens is 338 g/mol. The van der Waals surface area contributed by atoms with Crippen molar-refractivity contribution in [2.45, 2.75) is 10.6 Å². The minimum absolute atomic E-state index is 0.0736. The Balaban J connectivity index is 1.96. The van der Waals surface area contributed by atoms with Crippen molar-refractivity contribution < 1.29 is 17.2 Å². The molecule has 0 fully saturated rings. The summed E-state index contributed by atoms with van der Waals surface area (Å²) < 4.78 is 49.2. The molecule has 1 atom stereocenters. The van der Waals surface area contributed by atoms with Crippen LogP contribution in [0.4, 0.5) is 5.69 Å². The summed E-state index contributed by atoms with van der Waals surface area (Å²) in [6.45, 7) is 0. The monoisotopic (exact) mass is 350 g/mol. The van der Waals surface area contributed by atoms with Crippen LogP contribution in [0.5, 0.6) is 0 Å². The van der Waals surface area contributed by atoms with Gasteiger partial charge in [0.2, 0.25) is 0 Å². The fourth-order valence-electron chi connectivity index (χ4n) is 2.16. The van der Waals surface area contributed by atoms with E-state index in [1.807, 2.05) is 0 Å². The second-order valence-corrected chi connectivity index (χ2v) is 7.41. The zero-order chi connectivity index (χ0) is 16.4. The number of hydrogen-bond donors (Lipinski definition) is 2. The number of aromatic amines is 1. The van der Waals surface area contributed by atoms with Crippen LogP contribution < -0.4 is 4.72 Å². The van der Waals surface area contributed by atoms with Crippen molar-refractivity contribution >= 4 is 37.7 Å². The zero-order valence-corrected chi connectivity index (χ0v) is 13.4. The summed E-state index contributed by atoms with van der Waals surface area (Å²) in [6, 6.07) is 10.9. The van der Waals surface area contributed by atoms with Crippen molar-refractivity contribution in [2.24, 2.45) is 0 Å². The van der Waals surface area contributed by atoms with Crippen molar-refractivity contribution in [1.29, 1.82) is 0 Å². The van der Waals surface area contributed by atoms with Crippen molar-refractivity contribution in [2.75, 3.05) is 4.72 Å². The van der Waals surface area contributed by atoms with E-state index < -0.39 is 21.1 Å². The standard InChI is InChI=1S/C14H13N3O4S2/c18-22(19)9-10-3-1-2-4-14(10)17-23(20,21)12-5-6-13-11(7-12)8-15-16-13/h1-8,17H,9H2,(H,15,16)(H,18,19)/p-1. The van der Waals surface area contributed by atoms with Crippen molar-refractivity contribution in [3.05, 3.63) is 54.2 Å². The van der Waals surface area contributed by atoms with Gasteiger partial charge in [0.15, 0.2) is 0 Å². The van der Waals surface area contributed by atoms with Crippen molar-refractivity contribution in [3.63, 3.8) is 0 Å². The molecule has 0 aliphatic rings. The molecule has 0 bridgehead atoms. The first-order valence-corrected chi connectivity index (χ1v) is 9.28. The number of anilines is 1. The SMILES string of the molecule is O=S([O-])Cc1ccccc1NS(=O)(=O)c1ccc2[nH]ncc2c1. The molecule has 0 aliphatic carbocycles. The van der Waals surface area contributed by atoms with Gasteiger partial charge >= 0.3 is 0 Å². The second kappa shape index (κ2) is 6.11. The van der Waals surface area contributed by atoms with Gasteiger partial charge in [0.1, 0.15) is 0 Å². The Hall–Kier alpha value is -2.23. The van der Waals surface area contributed by atoms with E-state index in [9.17, 15) is 17.2 Å². The number of sulfonamides is 1. The number of nitrogens with zero attached hydrogens (tertiary/aromatic N) is 1. The molecule has 1 unspecified atom stereocenters. The van der Waals surface area contributed by atoms with Crippen LogP contribution in [-0.2, 0) is 26.9 Å². The van der Waals surface area contributed by atoms with Gasteiger partial charge in [-0.2, -0.15) is 5.10 Å². The van der Waals surface area contributed by atoms with E-state index in [1.165, 1.54) is 24.4 Å². The Labute approximate surface area is 135 Å². The highest BCUT2D eigenvalue weighted by molar-refractivity contribution is 7.92. The average molecular weight is 350 g/mol. The fourth-order valence-corrected chi connectivity index (χ4v) is 3.81. The summed E-state index contributed by atoms with van der Waals surface area (Å²) in [7, 11) is -3.83. The van der Waals surface area contributed by atoms with E-state index in [-0.39, 0.29) is 16.3 Å². The number of aromatic nitrogens is 2. The van der Waals surface area contributed by atoms with E-state index in [2.05, 4.69) is 14.9 Å². The van der Waals surface area contributed by atoms with E-state index in [0.29, 0.717) is 10.9 Å². The number of benzene rings is 2. The van der Waals surface area contributed by atoms with Crippen molar-refractivity contribution in [1.82, 2.24) is 10.2 Å². The first-order valence-electron chi connectivity index (χ1n) is 6.55. The van der Waals surface area contributed by atoms with Gasteiger partial charge in [-0.15, -0.1) is 0 Å². The highest BCUT2D eigenvalue weighted by Crippen LogP contribution is 2.23. The maximum Gasteiger partial charge on any atom is 0.261 e. The predicted octanol–water partition coefficient (Wildman–Crippen LogP) is 1.74. The van der Waals surface area contributed by atoms with Crippen LogP contribution in [-0.4, -0.2) is 27.4 Å². The van der Waals surface area contributed by atoms with Gasteiger partial charge in [0, 0.05) is 11.1 Å². The van der Waals surface area contributed by atoms with Crippen LogP contribution in [0, 0.1) is 0 Å². The lowest BCUT2D eigenvalue weighted by atomic mass is 10.2. The molecule has 0 spiro atoms. The Kier molecular flexibility index (Phi) is 4.16. The summed E-state index contributed by atoms with van der Waals surface area (Å²) in [5.74, 6) is -0.264. The third kappa shape index (κ3) is 3.41. The van der Waals surface area contributed by atoms with E-state index in [1.54, 1.807) is 24.3 Å². The molecule has 1 heterocycles. The van der Waals surface area contributed by atoms with E-state index in [4.69, 9.17) is 0 Å². The molecule has 23 heavy (non-hydrogen) atoms. The lowest BCUT2D eigenvalue weighted by Gasteiger charge is -2.13. The predicted molar refractivity (Wildman–Crippen MR) is 86.0 cm³/mol.